The van der Waals surface area contributed by atoms with Crippen LogP contribution in [-0.4, -0.2) is 47.0 Å². The number of likely N-dealkylation sites (tertiary alicyclic amines) is 1. The molecule has 1 spiro atoms. The van der Waals surface area contributed by atoms with E-state index in [9.17, 15) is 19.5 Å². The number of nitrogens with zero attached hydrogens (tertiary/aromatic N) is 2. The molecule has 11 heteroatoms. The number of rotatable bonds is 7. The van der Waals surface area contributed by atoms with Gasteiger partial charge < -0.3 is 20.1 Å². The van der Waals surface area contributed by atoms with Crippen LogP contribution >= 0.6 is 23.2 Å². The zero-order valence-corrected chi connectivity index (χ0v) is 26.1. The molecular formula is C35H28Cl2FN3O5. The van der Waals surface area contributed by atoms with E-state index in [1.165, 1.54) is 18.2 Å². The molecule has 0 aromatic heterocycles. The van der Waals surface area contributed by atoms with Crippen molar-refractivity contribution in [3.8, 4) is 5.75 Å². The van der Waals surface area contributed by atoms with Gasteiger partial charge in [-0.05, 0) is 72.6 Å². The van der Waals surface area contributed by atoms with Crippen LogP contribution in [0.15, 0.2) is 84.9 Å². The van der Waals surface area contributed by atoms with Gasteiger partial charge in [-0.1, -0.05) is 53.5 Å². The van der Waals surface area contributed by atoms with Gasteiger partial charge in [0.15, 0.2) is 0 Å². The lowest BCUT2D eigenvalue weighted by molar-refractivity contribution is -0.128. The monoisotopic (exact) mass is 659 g/mol. The molecule has 3 heterocycles. The van der Waals surface area contributed by atoms with Crippen LogP contribution in [-0.2, 0) is 21.7 Å². The van der Waals surface area contributed by atoms with Crippen molar-refractivity contribution in [1.82, 2.24) is 4.90 Å². The number of hydrogen-bond acceptors (Lipinski definition) is 5. The van der Waals surface area contributed by atoms with E-state index in [1.807, 2.05) is 36.1 Å². The molecule has 4 aromatic rings. The van der Waals surface area contributed by atoms with Crippen LogP contribution in [0.4, 0.5) is 15.8 Å². The first-order chi connectivity index (χ1) is 22.1. The van der Waals surface area contributed by atoms with Crippen LogP contribution in [0.2, 0.25) is 10.0 Å². The molecule has 0 bridgehead atoms. The third-order valence-electron chi connectivity index (χ3n) is 9.29. The second kappa shape index (κ2) is 11.4. The number of carbonyl (C=O) groups is 3. The summed E-state index contributed by atoms with van der Waals surface area (Å²) in [6.07, 6.45) is 0. The van der Waals surface area contributed by atoms with Gasteiger partial charge in [0.1, 0.15) is 17.1 Å². The van der Waals surface area contributed by atoms with Crippen molar-refractivity contribution in [2.75, 3.05) is 23.4 Å². The minimum absolute atomic E-state index is 0.0853. The zero-order valence-electron chi connectivity index (χ0n) is 24.5. The summed E-state index contributed by atoms with van der Waals surface area (Å²) in [6.45, 7) is 2.77. The lowest BCUT2D eigenvalue weighted by Crippen LogP contribution is -2.53. The first-order valence-corrected chi connectivity index (χ1v) is 15.6. The van der Waals surface area contributed by atoms with Crippen LogP contribution in [0, 0.1) is 11.7 Å². The number of benzene rings is 4. The highest BCUT2D eigenvalue weighted by atomic mass is 35.5. The zero-order chi connectivity index (χ0) is 32.3. The summed E-state index contributed by atoms with van der Waals surface area (Å²) >= 11 is 12.7. The highest BCUT2D eigenvalue weighted by Crippen LogP contribution is 2.62. The van der Waals surface area contributed by atoms with E-state index in [-0.39, 0.29) is 35.1 Å². The number of ether oxygens (including phenoxy) is 1. The fourth-order valence-corrected chi connectivity index (χ4v) is 7.87. The SMILES string of the molecule is CCOc1cccc(CN2[C@H]3CN(c4ccc(C(=O)O)cc4)C(=O)C3[C@H](c3cccc(Cl)c3F)[C@]23C(=O)Nc2cc(Cl)ccc23)c1. The lowest BCUT2D eigenvalue weighted by atomic mass is 9.71. The van der Waals surface area contributed by atoms with Crippen LogP contribution in [0.25, 0.3) is 0 Å². The third kappa shape index (κ3) is 4.56. The fraction of sp³-hybridized carbons (Fsp3) is 0.229. The number of halogens is 3. The van der Waals surface area contributed by atoms with Gasteiger partial charge in [0, 0.05) is 47.0 Å². The molecule has 3 aliphatic rings. The summed E-state index contributed by atoms with van der Waals surface area (Å²) < 4.78 is 21.9. The Morgan fingerprint density at radius 2 is 1.80 bits per heavy atom. The number of nitrogens with one attached hydrogen (secondary N) is 1. The summed E-state index contributed by atoms with van der Waals surface area (Å²) in [5, 5.41) is 12.7. The number of hydrogen-bond donors (Lipinski definition) is 2. The highest BCUT2D eigenvalue weighted by Gasteiger charge is 2.71. The van der Waals surface area contributed by atoms with Crippen molar-refractivity contribution >= 4 is 52.4 Å². The largest absolute Gasteiger partial charge is 0.494 e. The summed E-state index contributed by atoms with van der Waals surface area (Å²) in [4.78, 5) is 44.2. The number of carbonyl (C=O) groups excluding carboxylic acids is 2. The number of carboxylic acid groups (broad SMARTS) is 1. The van der Waals surface area contributed by atoms with Crippen molar-refractivity contribution in [2.24, 2.45) is 5.92 Å². The van der Waals surface area contributed by atoms with E-state index >= 15 is 4.39 Å². The summed E-state index contributed by atoms with van der Waals surface area (Å²) in [5.41, 5.74) is 1.16. The Morgan fingerprint density at radius 3 is 2.54 bits per heavy atom. The molecular weight excluding hydrogens is 632 g/mol. The van der Waals surface area contributed by atoms with Crippen molar-refractivity contribution in [3.05, 3.63) is 123 Å². The Kier molecular flexibility index (Phi) is 7.50. The molecule has 2 saturated heterocycles. The normalized spacial score (nSPS) is 23.5. The Hall–Kier alpha value is -4.44. The maximum atomic E-state index is 16.2. The molecule has 234 valence electrons. The standard InChI is InChI=1S/C35H28Cl2FN3O5/c1-2-46-23-6-3-5-19(15-23)17-41-28-18-40(22-12-9-20(10-13-22)33(43)44)32(42)29(28)30(24-7-4-8-26(37)31(24)38)35(41)25-14-11-21(36)16-27(25)39-34(35)45/h3-16,28-30H,2,17-18H2,1H3,(H,39,45)(H,43,44)/t28-,29?,30-,35+/m0/s1. The Bertz CT molecular complexity index is 1900. The number of amides is 2. The minimum atomic E-state index is -1.50. The predicted octanol–water partition coefficient (Wildman–Crippen LogP) is 6.71. The molecule has 8 nitrogen and oxygen atoms in total. The quantitative estimate of drug-likeness (QED) is 0.229. The Labute approximate surface area is 274 Å². The van der Waals surface area contributed by atoms with E-state index in [1.54, 1.807) is 47.4 Å². The van der Waals surface area contributed by atoms with Crippen LogP contribution in [0.5, 0.6) is 5.75 Å². The van der Waals surface area contributed by atoms with E-state index in [2.05, 4.69) is 5.32 Å². The van der Waals surface area contributed by atoms with Gasteiger partial charge >= 0.3 is 5.97 Å². The average molecular weight is 661 g/mol. The van der Waals surface area contributed by atoms with Crippen molar-refractivity contribution < 1.29 is 28.6 Å². The Balaban J connectivity index is 1.45. The van der Waals surface area contributed by atoms with Gasteiger partial charge in [0.05, 0.1) is 23.1 Å². The summed E-state index contributed by atoms with van der Waals surface area (Å²) in [7, 11) is 0. The van der Waals surface area contributed by atoms with Crippen LogP contribution in [0.3, 0.4) is 0 Å². The molecule has 3 aliphatic heterocycles. The van der Waals surface area contributed by atoms with E-state index in [4.69, 9.17) is 27.9 Å². The van der Waals surface area contributed by atoms with E-state index in [0.717, 1.165) is 5.56 Å². The van der Waals surface area contributed by atoms with E-state index < -0.39 is 41.1 Å². The molecule has 46 heavy (non-hydrogen) atoms. The molecule has 0 radical (unpaired) electrons. The molecule has 4 aromatic carbocycles. The second-order valence-corrected chi connectivity index (χ2v) is 12.5. The van der Waals surface area contributed by atoms with Gasteiger partial charge in [-0.15, -0.1) is 0 Å². The molecule has 2 N–H and O–H groups in total. The first kappa shape index (κ1) is 30.2. The van der Waals surface area contributed by atoms with Gasteiger partial charge in [-0.25, -0.2) is 9.18 Å². The average Bonchev–Trinajstić information content (AvgIpc) is 3.62. The number of carboxylic acids is 1. The number of anilines is 2. The van der Waals surface area contributed by atoms with Crippen molar-refractivity contribution in [3.63, 3.8) is 0 Å². The second-order valence-electron chi connectivity index (χ2n) is 11.6. The highest BCUT2D eigenvalue weighted by molar-refractivity contribution is 6.31. The smallest absolute Gasteiger partial charge is 0.335 e. The van der Waals surface area contributed by atoms with Crippen LogP contribution in [0.1, 0.15) is 39.9 Å². The van der Waals surface area contributed by atoms with Crippen LogP contribution < -0.4 is 15.0 Å². The maximum absolute atomic E-state index is 16.2. The number of aromatic carboxylic acids is 1. The topological polar surface area (TPSA) is 99.2 Å². The van der Waals surface area contributed by atoms with Crippen molar-refractivity contribution in [1.29, 1.82) is 0 Å². The molecule has 4 atom stereocenters. The van der Waals surface area contributed by atoms with E-state index in [0.29, 0.717) is 34.3 Å². The predicted molar refractivity (Wildman–Crippen MR) is 172 cm³/mol. The van der Waals surface area contributed by atoms with Crippen molar-refractivity contribution in [2.45, 2.75) is 31.0 Å². The maximum Gasteiger partial charge on any atom is 0.335 e. The van der Waals surface area contributed by atoms with Gasteiger partial charge in [-0.2, -0.15) is 0 Å². The lowest BCUT2D eigenvalue weighted by Gasteiger charge is -2.41. The molecule has 2 amide bonds. The molecule has 7 rings (SSSR count). The van der Waals surface area contributed by atoms with Gasteiger partial charge in [0.2, 0.25) is 11.8 Å². The Morgan fingerprint density at radius 1 is 1.04 bits per heavy atom. The summed E-state index contributed by atoms with van der Waals surface area (Å²) in [6, 6.07) is 22.8. The fourth-order valence-electron chi connectivity index (χ4n) is 7.51. The van der Waals surface area contributed by atoms with Gasteiger partial charge in [-0.3, -0.25) is 14.5 Å². The molecule has 0 saturated carbocycles. The number of fused-ring (bicyclic) bond motifs is 3. The minimum Gasteiger partial charge on any atom is -0.494 e. The summed E-state index contributed by atoms with van der Waals surface area (Å²) in [5.74, 6) is -3.67. The third-order valence-corrected chi connectivity index (χ3v) is 9.82. The first-order valence-electron chi connectivity index (χ1n) is 14.8. The molecule has 0 aliphatic carbocycles. The molecule has 1 unspecified atom stereocenters. The van der Waals surface area contributed by atoms with Gasteiger partial charge in [0.25, 0.3) is 0 Å². The molecule has 2 fully saturated rings.